The summed E-state index contributed by atoms with van der Waals surface area (Å²) in [5.74, 6) is 0.218. The molecule has 1 saturated carbocycles. The lowest BCUT2D eigenvalue weighted by molar-refractivity contribution is -0.130. The zero-order valence-corrected chi connectivity index (χ0v) is 10.3. The molecule has 92 valence electrons. The maximum Gasteiger partial charge on any atom is 0.236 e. The van der Waals surface area contributed by atoms with Crippen molar-refractivity contribution in [2.75, 3.05) is 26.8 Å². The van der Waals surface area contributed by atoms with Gasteiger partial charge in [-0.25, -0.2) is 0 Å². The van der Waals surface area contributed by atoms with Crippen LogP contribution < -0.4 is 5.32 Å². The highest BCUT2D eigenvalue weighted by atomic mass is 16.5. The molecule has 1 N–H and O–H groups in total. The Kier molecular flexibility index (Phi) is 3.50. The monoisotopic (exact) mass is 226 g/mol. The lowest BCUT2D eigenvalue weighted by Gasteiger charge is -2.35. The van der Waals surface area contributed by atoms with Crippen LogP contribution in [0.15, 0.2) is 0 Å². The van der Waals surface area contributed by atoms with E-state index in [0.29, 0.717) is 12.6 Å². The van der Waals surface area contributed by atoms with E-state index in [1.807, 2.05) is 11.9 Å². The highest BCUT2D eigenvalue weighted by Gasteiger charge is 2.31. The Morgan fingerprint density at radius 3 is 2.62 bits per heavy atom. The number of hydrogen-bond acceptors (Lipinski definition) is 3. The number of carbonyl (C=O) groups is 1. The second-order valence-corrected chi connectivity index (χ2v) is 5.26. The number of hydrogen-bond donors (Lipinski definition) is 1. The smallest absolute Gasteiger partial charge is 0.236 e. The normalized spacial score (nSPS) is 24.1. The Balaban J connectivity index is 1.74. The van der Waals surface area contributed by atoms with Crippen molar-refractivity contribution in [2.24, 2.45) is 0 Å². The average molecular weight is 226 g/mol. The van der Waals surface area contributed by atoms with Gasteiger partial charge in [0.05, 0.1) is 6.54 Å². The third-order valence-electron chi connectivity index (χ3n) is 3.75. The highest BCUT2D eigenvalue weighted by molar-refractivity contribution is 5.78. The molecule has 0 aromatic rings. The molecule has 0 radical (unpaired) electrons. The van der Waals surface area contributed by atoms with E-state index in [1.54, 1.807) is 0 Å². The molecule has 1 aliphatic heterocycles. The van der Waals surface area contributed by atoms with Gasteiger partial charge in [-0.05, 0) is 32.6 Å². The van der Waals surface area contributed by atoms with Crippen LogP contribution in [0.2, 0.25) is 0 Å². The first-order valence-electron chi connectivity index (χ1n) is 6.19. The molecule has 0 aromatic heterocycles. The summed E-state index contributed by atoms with van der Waals surface area (Å²) in [6, 6.07) is 0.511. The van der Waals surface area contributed by atoms with Crippen molar-refractivity contribution in [1.29, 1.82) is 0 Å². The number of carbonyl (C=O) groups excluding carboxylic acids is 1. The van der Waals surface area contributed by atoms with E-state index in [2.05, 4.69) is 12.2 Å². The summed E-state index contributed by atoms with van der Waals surface area (Å²) < 4.78 is 5.33. The largest absolute Gasteiger partial charge is 0.381 e. The zero-order valence-electron chi connectivity index (χ0n) is 10.3. The molecule has 2 rings (SSSR count). The van der Waals surface area contributed by atoms with Crippen LogP contribution in [0.5, 0.6) is 0 Å². The molecule has 2 aliphatic rings. The van der Waals surface area contributed by atoms with Crippen LogP contribution in [0.3, 0.4) is 0 Å². The fraction of sp³-hybridized carbons (Fsp3) is 0.917. The fourth-order valence-electron chi connectivity index (χ4n) is 2.08. The number of nitrogens with zero attached hydrogens (tertiary/aromatic N) is 1. The van der Waals surface area contributed by atoms with Gasteiger partial charge in [0.25, 0.3) is 0 Å². The van der Waals surface area contributed by atoms with Crippen LogP contribution in [0.4, 0.5) is 0 Å². The summed E-state index contributed by atoms with van der Waals surface area (Å²) in [4.78, 5) is 13.7. The molecule has 1 aliphatic carbocycles. The molecule has 4 heteroatoms. The first-order valence-corrected chi connectivity index (χ1v) is 6.19. The topological polar surface area (TPSA) is 41.6 Å². The van der Waals surface area contributed by atoms with Crippen LogP contribution >= 0.6 is 0 Å². The summed E-state index contributed by atoms with van der Waals surface area (Å²) in [6.07, 6.45) is 4.33. The van der Waals surface area contributed by atoms with Gasteiger partial charge in [-0.15, -0.1) is 0 Å². The van der Waals surface area contributed by atoms with Gasteiger partial charge in [0.15, 0.2) is 0 Å². The van der Waals surface area contributed by atoms with Gasteiger partial charge in [-0.2, -0.15) is 0 Å². The van der Waals surface area contributed by atoms with E-state index in [1.165, 1.54) is 12.8 Å². The van der Waals surface area contributed by atoms with Gasteiger partial charge in [-0.3, -0.25) is 4.79 Å². The SMILES string of the molecule is CN(C(=O)CNC1(C)CCOCC1)C1CC1. The average Bonchev–Trinajstić information content (AvgIpc) is 3.10. The predicted octanol–water partition coefficient (Wildman–Crippen LogP) is 0.766. The molecular formula is C12H22N2O2. The van der Waals surface area contributed by atoms with Crippen molar-refractivity contribution >= 4 is 5.91 Å². The maximum absolute atomic E-state index is 11.8. The van der Waals surface area contributed by atoms with E-state index >= 15 is 0 Å². The van der Waals surface area contributed by atoms with Gasteiger partial charge in [0.1, 0.15) is 0 Å². The number of amides is 1. The number of rotatable bonds is 4. The molecule has 0 bridgehead atoms. The molecule has 2 fully saturated rings. The third-order valence-corrected chi connectivity index (χ3v) is 3.75. The van der Waals surface area contributed by atoms with E-state index in [-0.39, 0.29) is 11.4 Å². The van der Waals surface area contributed by atoms with Gasteiger partial charge in [0.2, 0.25) is 5.91 Å². The Morgan fingerprint density at radius 2 is 2.06 bits per heavy atom. The van der Waals surface area contributed by atoms with Crippen molar-refractivity contribution in [1.82, 2.24) is 10.2 Å². The molecule has 1 saturated heterocycles. The third kappa shape index (κ3) is 2.95. The molecule has 0 spiro atoms. The number of likely N-dealkylation sites (N-methyl/N-ethyl adjacent to an activating group) is 1. The van der Waals surface area contributed by atoms with Gasteiger partial charge < -0.3 is 15.0 Å². The highest BCUT2D eigenvalue weighted by Crippen LogP contribution is 2.25. The molecule has 1 heterocycles. The van der Waals surface area contributed by atoms with Crippen molar-refractivity contribution in [3.63, 3.8) is 0 Å². The number of nitrogens with one attached hydrogen (secondary N) is 1. The predicted molar refractivity (Wildman–Crippen MR) is 62.3 cm³/mol. The summed E-state index contributed by atoms with van der Waals surface area (Å²) >= 11 is 0. The van der Waals surface area contributed by atoms with Crippen LogP contribution in [0, 0.1) is 0 Å². The first-order chi connectivity index (χ1) is 7.61. The van der Waals surface area contributed by atoms with Crippen molar-refractivity contribution < 1.29 is 9.53 Å². The van der Waals surface area contributed by atoms with Crippen molar-refractivity contribution in [2.45, 2.75) is 44.2 Å². The lowest BCUT2D eigenvalue weighted by atomic mass is 9.92. The van der Waals surface area contributed by atoms with E-state index < -0.39 is 0 Å². The molecule has 0 aromatic carbocycles. The second kappa shape index (κ2) is 4.72. The minimum absolute atomic E-state index is 0.0816. The quantitative estimate of drug-likeness (QED) is 0.769. The first kappa shape index (κ1) is 11.9. The Bertz CT molecular complexity index is 258. The maximum atomic E-state index is 11.8. The summed E-state index contributed by atoms with van der Waals surface area (Å²) in [5.41, 5.74) is 0.0816. The molecule has 16 heavy (non-hydrogen) atoms. The van der Waals surface area contributed by atoms with Gasteiger partial charge in [-0.1, -0.05) is 0 Å². The van der Waals surface area contributed by atoms with Gasteiger partial charge >= 0.3 is 0 Å². The van der Waals surface area contributed by atoms with Crippen LogP contribution in [-0.2, 0) is 9.53 Å². The minimum Gasteiger partial charge on any atom is -0.381 e. The molecule has 0 atom stereocenters. The fourth-order valence-corrected chi connectivity index (χ4v) is 2.08. The molecule has 0 unspecified atom stereocenters. The van der Waals surface area contributed by atoms with E-state index in [0.717, 1.165) is 26.1 Å². The Hall–Kier alpha value is -0.610. The van der Waals surface area contributed by atoms with Crippen LogP contribution in [-0.4, -0.2) is 49.2 Å². The van der Waals surface area contributed by atoms with Crippen molar-refractivity contribution in [3.8, 4) is 0 Å². The Labute approximate surface area is 97.3 Å². The lowest BCUT2D eigenvalue weighted by Crippen LogP contribution is -2.50. The van der Waals surface area contributed by atoms with Crippen molar-refractivity contribution in [3.05, 3.63) is 0 Å². The Morgan fingerprint density at radius 1 is 1.44 bits per heavy atom. The molecule has 4 nitrogen and oxygen atoms in total. The number of ether oxygens (including phenoxy) is 1. The summed E-state index contributed by atoms with van der Waals surface area (Å²) in [5, 5.41) is 3.39. The molecular weight excluding hydrogens is 204 g/mol. The minimum atomic E-state index is 0.0816. The molecule has 1 amide bonds. The van der Waals surface area contributed by atoms with Gasteiger partial charge in [0, 0.05) is 31.8 Å². The van der Waals surface area contributed by atoms with E-state index in [9.17, 15) is 4.79 Å². The second-order valence-electron chi connectivity index (χ2n) is 5.26. The van der Waals surface area contributed by atoms with Crippen LogP contribution in [0.25, 0.3) is 0 Å². The van der Waals surface area contributed by atoms with Crippen LogP contribution in [0.1, 0.15) is 32.6 Å². The zero-order chi connectivity index (χ0) is 11.6. The van der Waals surface area contributed by atoms with E-state index in [4.69, 9.17) is 4.74 Å². The summed E-state index contributed by atoms with van der Waals surface area (Å²) in [6.45, 7) is 4.25. The summed E-state index contributed by atoms with van der Waals surface area (Å²) in [7, 11) is 1.91. The standard InChI is InChI=1S/C12H22N2O2/c1-12(5-7-16-8-6-12)13-9-11(15)14(2)10-3-4-10/h10,13H,3-9H2,1-2H3.